The Morgan fingerprint density at radius 2 is 2.22 bits per heavy atom. The lowest BCUT2D eigenvalue weighted by Crippen LogP contribution is -1.95. The summed E-state index contributed by atoms with van der Waals surface area (Å²) >= 11 is 1.05. The number of rotatable bonds is 2. The molecule has 0 saturated heterocycles. The molecule has 94 valence electrons. The van der Waals surface area contributed by atoms with Crippen molar-refractivity contribution in [1.82, 2.24) is 0 Å². The van der Waals surface area contributed by atoms with Crippen LogP contribution in [0.2, 0.25) is 0 Å². The fourth-order valence-corrected chi connectivity index (χ4v) is 1.56. The Labute approximate surface area is 108 Å². The standard InChI is InChI=1S/C12H10FNO3S/c1-8-6-12(14(16)17)11(13)7-10(8)4-3-5-18-9(2)15/h6-7H,5H2,1-2H3. The number of hydrogen-bond donors (Lipinski definition) is 0. The van der Waals surface area contributed by atoms with E-state index in [0.29, 0.717) is 16.9 Å². The first-order valence-corrected chi connectivity index (χ1v) is 5.97. The van der Waals surface area contributed by atoms with Gasteiger partial charge in [-0.2, -0.15) is 4.39 Å². The molecule has 0 unspecified atom stereocenters. The van der Waals surface area contributed by atoms with Crippen molar-refractivity contribution in [1.29, 1.82) is 0 Å². The van der Waals surface area contributed by atoms with Crippen molar-refractivity contribution in [3.8, 4) is 11.8 Å². The van der Waals surface area contributed by atoms with Crippen LogP contribution >= 0.6 is 11.8 Å². The van der Waals surface area contributed by atoms with Gasteiger partial charge in [0.15, 0.2) is 5.12 Å². The summed E-state index contributed by atoms with van der Waals surface area (Å²) in [4.78, 5) is 20.4. The van der Waals surface area contributed by atoms with Crippen molar-refractivity contribution in [3.05, 3.63) is 39.2 Å². The van der Waals surface area contributed by atoms with Crippen LogP contribution in [0.15, 0.2) is 12.1 Å². The number of halogens is 1. The molecule has 4 nitrogen and oxygen atoms in total. The first-order valence-electron chi connectivity index (χ1n) is 4.98. The Morgan fingerprint density at radius 1 is 1.56 bits per heavy atom. The third-order valence-corrected chi connectivity index (χ3v) is 2.76. The lowest BCUT2D eigenvalue weighted by molar-refractivity contribution is -0.387. The topological polar surface area (TPSA) is 60.2 Å². The molecule has 0 aliphatic rings. The maximum absolute atomic E-state index is 13.3. The summed E-state index contributed by atoms with van der Waals surface area (Å²) in [6, 6.07) is 2.19. The van der Waals surface area contributed by atoms with Crippen molar-refractivity contribution in [2.24, 2.45) is 0 Å². The van der Waals surface area contributed by atoms with Gasteiger partial charge in [0, 0.05) is 18.6 Å². The summed E-state index contributed by atoms with van der Waals surface area (Å²) in [7, 11) is 0. The van der Waals surface area contributed by atoms with Crippen molar-refractivity contribution in [2.45, 2.75) is 13.8 Å². The zero-order valence-electron chi connectivity index (χ0n) is 9.82. The second kappa shape index (κ2) is 6.17. The van der Waals surface area contributed by atoms with E-state index >= 15 is 0 Å². The van der Waals surface area contributed by atoms with Crippen LogP contribution in [0.1, 0.15) is 18.1 Å². The van der Waals surface area contributed by atoms with Crippen LogP contribution in [0.25, 0.3) is 0 Å². The van der Waals surface area contributed by atoms with E-state index in [0.717, 1.165) is 23.9 Å². The fraction of sp³-hybridized carbons (Fsp3) is 0.250. The van der Waals surface area contributed by atoms with E-state index in [4.69, 9.17) is 0 Å². The highest BCUT2D eigenvalue weighted by Gasteiger charge is 2.15. The summed E-state index contributed by atoms with van der Waals surface area (Å²) in [5.41, 5.74) is 0.363. The Morgan fingerprint density at radius 3 is 2.78 bits per heavy atom. The van der Waals surface area contributed by atoms with E-state index < -0.39 is 16.4 Å². The Bertz CT molecular complexity index is 560. The first kappa shape index (κ1) is 14.2. The average molecular weight is 267 g/mol. The van der Waals surface area contributed by atoms with Gasteiger partial charge in [0.05, 0.1) is 10.7 Å². The van der Waals surface area contributed by atoms with Crippen LogP contribution in [0.5, 0.6) is 0 Å². The van der Waals surface area contributed by atoms with Gasteiger partial charge in [-0.05, 0) is 18.6 Å². The molecule has 0 bridgehead atoms. The normalized spacial score (nSPS) is 9.50. The minimum Gasteiger partial charge on any atom is -0.288 e. The average Bonchev–Trinajstić information content (AvgIpc) is 2.27. The largest absolute Gasteiger partial charge is 0.305 e. The molecule has 1 aromatic carbocycles. The summed E-state index contributed by atoms with van der Waals surface area (Å²) in [6.45, 7) is 3.05. The highest BCUT2D eigenvalue weighted by Crippen LogP contribution is 2.21. The maximum Gasteiger partial charge on any atom is 0.305 e. The Hall–Kier alpha value is -1.87. The number of nitro benzene ring substituents is 1. The second-order valence-corrected chi connectivity index (χ2v) is 4.61. The smallest absolute Gasteiger partial charge is 0.288 e. The molecule has 6 heteroatoms. The van der Waals surface area contributed by atoms with Crippen LogP contribution in [0.4, 0.5) is 10.1 Å². The van der Waals surface area contributed by atoms with Gasteiger partial charge in [-0.1, -0.05) is 23.6 Å². The van der Waals surface area contributed by atoms with Gasteiger partial charge in [-0.3, -0.25) is 14.9 Å². The molecular formula is C12H10FNO3S. The van der Waals surface area contributed by atoms with E-state index in [9.17, 15) is 19.3 Å². The fourth-order valence-electron chi connectivity index (χ4n) is 1.21. The predicted molar refractivity (Wildman–Crippen MR) is 67.8 cm³/mol. The van der Waals surface area contributed by atoms with E-state index in [2.05, 4.69) is 11.8 Å². The van der Waals surface area contributed by atoms with Crippen molar-refractivity contribution in [2.75, 3.05) is 5.75 Å². The molecule has 1 aromatic rings. The van der Waals surface area contributed by atoms with Gasteiger partial charge in [0.25, 0.3) is 0 Å². The first-order chi connectivity index (χ1) is 8.41. The maximum atomic E-state index is 13.3. The third kappa shape index (κ3) is 3.86. The molecular weight excluding hydrogens is 257 g/mol. The molecule has 0 heterocycles. The number of carbonyl (C=O) groups is 1. The number of nitro groups is 1. The van der Waals surface area contributed by atoms with Crippen LogP contribution in [-0.4, -0.2) is 15.8 Å². The summed E-state index contributed by atoms with van der Waals surface area (Å²) in [5, 5.41) is 10.5. The zero-order valence-corrected chi connectivity index (χ0v) is 10.6. The van der Waals surface area contributed by atoms with Crippen LogP contribution in [-0.2, 0) is 4.79 Å². The molecule has 0 aliphatic heterocycles. The second-order valence-electron chi connectivity index (χ2n) is 3.46. The minimum atomic E-state index is -0.908. The monoisotopic (exact) mass is 267 g/mol. The molecule has 0 fully saturated rings. The molecule has 0 N–H and O–H groups in total. The molecule has 0 spiro atoms. The van der Waals surface area contributed by atoms with Crippen LogP contribution in [0, 0.1) is 34.7 Å². The van der Waals surface area contributed by atoms with Gasteiger partial charge >= 0.3 is 5.69 Å². The van der Waals surface area contributed by atoms with E-state index in [1.165, 1.54) is 6.92 Å². The summed E-state index contributed by atoms with van der Waals surface area (Å²) < 4.78 is 13.3. The lowest BCUT2D eigenvalue weighted by atomic mass is 10.1. The molecule has 0 amide bonds. The Balaban J connectivity index is 2.94. The van der Waals surface area contributed by atoms with Gasteiger partial charge in [-0.25, -0.2) is 0 Å². The number of nitrogens with zero attached hydrogens (tertiary/aromatic N) is 1. The minimum absolute atomic E-state index is 0.0455. The molecule has 0 saturated carbocycles. The van der Waals surface area contributed by atoms with Gasteiger partial charge in [0.2, 0.25) is 5.82 Å². The molecule has 0 aliphatic carbocycles. The summed E-state index contributed by atoms with van der Waals surface area (Å²) in [6.07, 6.45) is 0. The van der Waals surface area contributed by atoms with E-state index in [1.54, 1.807) is 6.92 Å². The van der Waals surface area contributed by atoms with Gasteiger partial charge in [-0.15, -0.1) is 0 Å². The molecule has 0 atom stereocenters. The number of benzene rings is 1. The molecule has 0 radical (unpaired) electrons. The van der Waals surface area contributed by atoms with Crippen molar-refractivity contribution in [3.63, 3.8) is 0 Å². The Kier molecular flexibility index (Phi) is 4.86. The van der Waals surface area contributed by atoms with E-state index in [1.807, 2.05) is 0 Å². The molecule has 18 heavy (non-hydrogen) atoms. The van der Waals surface area contributed by atoms with Gasteiger partial charge < -0.3 is 0 Å². The number of aryl methyl sites for hydroxylation is 1. The lowest BCUT2D eigenvalue weighted by Gasteiger charge is -1.99. The summed E-state index contributed by atoms with van der Waals surface area (Å²) in [5.74, 6) is 4.80. The quantitative estimate of drug-likeness (QED) is 0.469. The number of thioether (sulfide) groups is 1. The number of hydrogen-bond acceptors (Lipinski definition) is 4. The van der Waals surface area contributed by atoms with Crippen molar-refractivity contribution >= 4 is 22.6 Å². The van der Waals surface area contributed by atoms with Crippen LogP contribution in [0.3, 0.4) is 0 Å². The van der Waals surface area contributed by atoms with E-state index in [-0.39, 0.29) is 5.12 Å². The third-order valence-electron chi connectivity index (χ3n) is 2.06. The zero-order chi connectivity index (χ0) is 13.7. The van der Waals surface area contributed by atoms with Crippen LogP contribution < -0.4 is 0 Å². The van der Waals surface area contributed by atoms with Crippen molar-refractivity contribution < 1.29 is 14.1 Å². The molecule has 0 aromatic heterocycles. The number of carbonyl (C=O) groups excluding carboxylic acids is 1. The predicted octanol–water partition coefficient (Wildman–Crippen LogP) is 2.67. The highest BCUT2D eigenvalue weighted by molar-refractivity contribution is 8.13. The highest BCUT2D eigenvalue weighted by atomic mass is 32.2. The SMILES string of the molecule is CC(=O)SCC#Cc1cc(F)c([N+](=O)[O-])cc1C. The molecule has 1 rings (SSSR count). The van der Waals surface area contributed by atoms with Gasteiger partial charge in [0.1, 0.15) is 0 Å².